The van der Waals surface area contributed by atoms with Gasteiger partial charge in [0.1, 0.15) is 0 Å². The summed E-state index contributed by atoms with van der Waals surface area (Å²) in [4.78, 5) is 16.0. The largest absolute Gasteiger partial charge is 0.375 e. The zero-order valence-electron chi connectivity index (χ0n) is 10.6. The number of nitrogens with two attached hydrogens (primary N) is 1. The van der Waals surface area contributed by atoms with Gasteiger partial charge in [0.15, 0.2) is 5.13 Å². The van der Waals surface area contributed by atoms with Crippen LogP contribution in [0, 0.1) is 6.92 Å². The molecule has 0 saturated heterocycles. The summed E-state index contributed by atoms with van der Waals surface area (Å²) >= 11 is 2.95. The van der Waals surface area contributed by atoms with Gasteiger partial charge in [-0.25, -0.2) is 4.98 Å². The van der Waals surface area contributed by atoms with E-state index in [1.165, 1.54) is 23.1 Å². The number of hydrogen-bond acceptors (Lipinski definition) is 5. The molecule has 3 N–H and O–H groups in total. The molecule has 1 heterocycles. The van der Waals surface area contributed by atoms with Gasteiger partial charge in [0.25, 0.3) is 0 Å². The van der Waals surface area contributed by atoms with Crippen molar-refractivity contribution in [2.45, 2.75) is 49.6 Å². The van der Waals surface area contributed by atoms with Crippen LogP contribution in [0.25, 0.3) is 0 Å². The minimum Gasteiger partial charge on any atom is -0.375 e. The van der Waals surface area contributed by atoms with Gasteiger partial charge in [0, 0.05) is 6.04 Å². The second kappa shape index (κ2) is 6.26. The van der Waals surface area contributed by atoms with Gasteiger partial charge in [-0.1, -0.05) is 18.3 Å². The minimum atomic E-state index is -0.123. The zero-order chi connectivity index (χ0) is 13.0. The predicted molar refractivity (Wildman–Crippen MR) is 74.5 cm³/mol. The molecule has 1 aromatic heterocycles. The van der Waals surface area contributed by atoms with Crippen LogP contribution in [0.15, 0.2) is 4.21 Å². The van der Waals surface area contributed by atoms with E-state index in [0.717, 1.165) is 16.3 Å². The lowest BCUT2D eigenvalue weighted by molar-refractivity contribution is -0.120. The summed E-state index contributed by atoms with van der Waals surface area (Å²) in [6.07, 6.45) is 0.940. The molecule has 1 amide bonds. The highest BCUT2D eigenvalue weighted by molar-refractivity contribution is 8.02. The first-order valence-electron chi connectivity index (χ1n) is 5.64. The highest BCUT2D eigenvalue weighted by Crippen LogP contribution is 2.33. The topological polar surface area (TPSA) is 68.0 Å². The fraction of sp³-hybridized carbons (Fsp3) is 0.636. The quantitative estimate of drug-likeness (QED) is 0.809. The van der Waals surface area contributed by atoms with Gasteiger partial charge in [-0.2, -0.15) is 0 Å². The molecule has 0 aromatic carbocycles. The number of hydrogen-bond donors (Lipinski definition) is 2. The Morgan fingerprint density at radius 3 is 2.71 bits per heavy atom. The number of nitrogens with one attached hydrogen (secondary N) is 1. The summed E-state index contributed by atoms with van der Waals surface area (Å²) in [7, 11) is 0. The van der Waals surface area contributed by atoms with Crippen LogP contribution in [0.4, 0.5) is 5.13 Å². The van der Waals surface area contributed by atoms with Crippen molar-refractivity contribution in [1.29, 1.82) is 0 Å². The Morgan fingerprint density at radius 1 is 1.59 bits per heavy atom. The third kappa shape index (κ3) is 4.20. The third-order valence-electron chi connectivity index (χ3n) is 2.42. The lowest BCUT2D eigenvalue weighted by Gasteiger charge is -2.15. The number of anilines is 1. The van der Waals surface area contributed by atoms with Crippen LogP contribution >= 0.6 is 23.1 Å². The molecule has 0 aliphatic heterocycles. The second-order valence-electron chi connectivity index (χ2n) is 4.00. The number of amides is 1. The number of carbonyl (C=O) groups excluding carboxylic acids is 1. The van der Waals surface area contributed by atoms with Crippen molar-refractivity contribution in [2.24, 2.45) is 0 Å². The van der Waals surface area contributed by atoms with Crippen LogP contribution in [0.1, 0.15) is 32.9 Å². The molecule has 0 aliphatic rings. The molecule has 2 unspecified atom stereocenters. The minimum absolute atomic E-state index is 0.0655. The molecular formula is C11H19N3OS2. The van der Waals surface area contributed by atoms with Gasteiger partial charge in [-0.3, -0.25) is 4.79 Å². The first-order chi connectivity index (χ1) is 7.93. The van der Waals surface area contributed by atoms with Crippen molar-refractivity contribution in [3.8, 4) is 0 Å². The van der Waals surface area contributed by atoms with Crippen LogP contribution in [0.3, 0.4) is 0 Å². The Hall–Kier alpha value is -0.750. The van der Waals surface area contributed by atoms with Crippen LogP contribution in [0.5, 0.6) is 0 Å². The van der Waals surface area contributed by atoms with Crippen molar-refractivity contribution in [3.63, 3.8) is 0 Å². The van der Waals surface area contributed by atoms with Crippen molar-refractivity contribution < 1.29 is 4.79 Å². The van der Waals surface area contributed by atoms with Crippen molar-refractivity contribution in [1.82, 2.24) is 10.3 Å². The Balaban J connectivity index is 2.57. The number of aryl methyl sites for hydroxylation is 1. The van der Waals surface area contributed by atoms with E-state index >= 15 is 0 Å². The second-order valence-corrected chi connectivity index (χ2v) is 6.64. The molecule has 1 aromatic rings. The summed E-state index contributed by atoms with van der Waals surface area (Å²) in [6, 6.07) is 0.221. The summed E-state index contributed by atoms with van der Waals surface area (Å²) in [5.74, 6) is 0.0655. The molecule has 0 radical (unpaired) electrons. The van der Waals surface area contributed by atoms with Gasteiger partial charge in [-0.15, -0.1) is 11.8 Å². The molecule has 0 bridgehead atoms. The number of thiazole rings is 1. The van der Waals surface area contributed by atoms with Gasteiger partial charge in [0.2, 0.25) is 5.91 Å². The Bertz CT molecular complexity index is 392. The standard InChI is InChI=1S/C11H19N3OS2/c1-5-6(2)13-9(15)8(4)16-10-7(3)14-11(12)17-10/h6,8H,5H2,1-4H3,(H2,12,14)(H,13,15). The Morgan fingerprint density at radius 2 is 2.24 bits per heavy atom. The van der Waals surface area contributed by atoms with Crippen LogP contribution in [-0.2, 0) is 4.79 Å². The van der Waals surface area contributed by atoms with E-state index in [1.54, 1.807) is 0 Å². The maximum Gasteiger partial charge on any atom is 0.233 e. The average Bonchev–Trinajstić information content (AvgIpc) is 2.57. The molecule has 2 atom stereocenters. The fourth-order valence-electron chi connectivity index (χ4n) is 1.19. The molecule has 0 aliphatic carbocycles. The van der Waals surface area contributed by atoms with Gasteiger partial charge in [0.05, 0.1) is 15.2 Å². The number of thioether (sulfide) groups is 1. The summed E-state index contributed by atoms with van der Waals surface area (Å²) in [5, 5.41) is 3.40. The molecule has 17 heavy (non-hydrogen) atoms. The number of carbonyl (C=O) groups is 1. The number of nitrogen functional groups attached to an aromatic ring is 1. The lowest BCUT2D eigenvalue weighted by atomic mass is 10.2. The molecular weight excluding hydrogens is 254 g/mol. The van der Waals surface area contributed by atoms with Crippen molar-refractivity contribution in [2.75, 3.05) is 5.73 Å². The molecule has 0 spiro atoms. The van der Waals surface area contributed by atoms with E-state index in [0.29, 0.717) is 5.13 Å². The first-order valence-corrected chi connectivity index (χ1v) is 7.33. The van der Waals surface area contributed by atoms with E-state index in [1.807, 2.05) is 20.8 Å². The molecule has 4 nitrogen and oxygen atoms in total. The number of aromatic nitrogens is 1. The molecule has 6 heteroatoms. The average molecular weight is 273 g/mol. The van der Waals surface area contributed by atoms with E-state index in [9.17, 15) is 4.79 Å². The SMILES string of the molecule is CCC(C)NC(=O)C(C)Sc1sc(N)nc1C. The van der Waals surface area contributed by atoms with Gasteiger partial charge >= 0.3 is 0 Å². The molecule has 1 rings (SSSR count). The zero-order valence-corrected chi connectivity index (χ0v) is 12.2. The summed E-state index contributed by atoms with van der Waals surface area (Å²) in [5.41, 5.74) is 6.53. The smallest absolute Gasteiger partial charge is 0.233 e. The number of nitrogens with zero attached hydrogens (tertiary/aromatic N) is 1. The highest BCUT2D eigenvalue weighted by Gasteiger charge is 2.18. The Labute approximate surface area is 110 Å². The molecule has 0 fully saturated rings. The van der Waals surface area contributed by atoms with E-state index < -0.39 is 0 Å². The summed E-state index contributed by atoms with van der Waals surface area (Å²) in [6.45, 7) is 7.87. The van der Waals surface area contributed by atoms with Crippen molar-refractivity contribution in [3.05, 3.63) is 5.69 Å². The van der Waals surface area contributed by atoms with Crippen LogP contribution < -0.4 is 11.1 Å². The monoisotopic (exact) mass is 273 g/mol. The van der Waals surface area contributed by atoms with Gasteiger partial charge in [-0.05, 0) is 27.2 Å². The maximum absolute atomic E-state index is 11.9. The summed E-state index contributed by atoms with van der Waals surface area (Å²) < 4.78 is 1.02. The van der Waals surface area contributed by atoms with Crippen LogP contribution in [-0.4, -0.2) is 22.2 Å². The van der Waals surface area contributed by atoms with Crippen LogP contribution in [0.2, 0.25) is 0 Å². The maximum atomic E-state index is 11.9. The lowest BCUT2D eigenvalue weighted by Crippen LogP contribution is -2.37. The van der Waals surface area contributed by atoms with E-state index in [4.69, 9.17) is 5.73 Å². The van der Waals surface area contributed by atoms with Crippen molar-refractivity contribution >= 4 is 34.1 Å². The normalized spacial score (nSPS) is 14.4. The number of rotatable bonds is 5. The highest BCUT2D eigenvalue weighted by atomic mass is 32.2. The third-order valence-corrected chi connectivity index (χ3v) is 4.82. The van der Waals surface area contributed by atoms with Gasteiger partial charge < -0.3 is 11.1 Å². The van der Waals surface area contributed by atoms with E-state index in [-0.39, 0.29) is 17.2 Å². The van der Waals surface area contributed by atoms with E-state index in [2.05, 4.69) is 17.2 Å². The fourth-order valence-corrected chi connectivity index (χ4v) is 3.35. The first kappa shape index (κ1) is 14.3. The molecule has 96 valence electrons. The molecule has 0 saturated carbocycles. The Kier molecular flexibility index (Phi) is 5.27. The predicted octanol–water partition coefficient (Wildman–Crippen LogP) is 2.43.